The first-order chi connectivity index (χ1) is 9.00. The number of carbonyl (C=O) groups is 1. The molecule has 1 aromatic carbocycles. The van der Waals surface area contributed by atoms with Crippen LogP contribution in [0.15, 0.2) is 36.4 Å². The van der Waals surface area contributed by atoms with E-state index >= 15 is 0 Å². The van der Waals surface area contributed by atoms with E-state index in [1.807, 2.05) is 50.1 Å². The number of carboxylic acids is 1. The van der Waals surface area contributed by atoms with Gasteiger partial charge in [-0.05, 0) is 37.6 Å². The highest BCUT2D eigenvalue weighted by molar-refractivity contribution is 5.94. The summed E-state index contributed by atoms with van der Waals surface area (Å²) in [5.74, 6) is -0.510. The lowest BCUT2D eigenvalue weighted by Crippen LogP contribution is -2.17. The summed E-state index contributed by atoms with van der Waals surface area (Å²) in [5, 5.41) is 9.25. The van der Waals surface area contributed by atoms with Gasteiger partial charge in [0.25, 0.3) is 0 Å². The van der Waals surface area contributed by atoms with Crippen molar-refractivity contribution < 1.29 is 9.90 Å². The average molecular weight is 256 g/mol. The van der Waals surface area contributed by atoms with E-state index in [0.29, 0.717) is 5.82 Å². The fourth-order valence-electron chi connectivity index (χ4n) is 2.02. The van der Waals surface area contributed by atoms with Gasteiger partial charge in [0.1, 0.15) is 11.4 Å². The van der Waals surface area contributed by atoms with Crippen molar-refractivity contribution in [1.82, 2.24) is 4.98 Å². The molecular formula is C15H16N2O2. The zero-order chi connectivity index (χ0) is 14.0. The second kappa shape index (κ2) is 5.10. The maximum Gasteiger partial charge on any atom is 0.339 e. The van der Waals surface area contributed by atoms with Crippen LogP contribution in [-0.2, 0) is 0 Å². The number of rotatable bonds is 3. The SMILES string of the molecule is Cc1ccc(C(=O)O)c(N(C)c2ccccc2C)n1. The van der Waals surface area contributed by atoms with Gasteiger partial charge in [-0.1, -0.05) is 18.2 Å². The van der Waals surface area contributed by atoms with E-state index in [1.54, 1.807) is 12.1 Å². The van der Waals surface area contributed by atoms with Crippen LogP contribution >= 0.6 is 0 Å². The molecule has 2 rings (SSSR count). The smallest absolute Gasteiger partial charge is 0.339 e. The predicted molar refractivity (Wildman–Crippen MR) is 75.2 cm³/mol. The summed E-state index contributed by atoms with van der Waals surface area (Å²) in [4.78, 5) is 17.5. The van der Waals surface area contributed by atoms with Crippen LogP contribution in [0.5, 0.6) is 0 Å². The molecule has 0 unspecified atom stereocenters. The molecular weight excluding hydrogens is 240 g/mol. The molecule has 0 radical (unpaired) electrons. The summed E-state index contributed by atoms with van der Waals surface area (Å²) in [7, 11) is 1.83. The van der Waals surface area contributed by atoms with Crippen LogP contribution in [0.2, 0.25) is 0 Å². The normalized spacial score (nSPS) is 10.3. The zero-order valence-electron chi connectivity index (χ0n) is 11.2. The predicted octanol–water partition coefficient (Wildman–Crippen LogP) is 3.16. The van der Waals surface area contributed by atoms with Crippen LogP contribution in [0, 0.1) is 13.8 Å². The van der Waals surface area contributed by atoms with Crippen LogP contribution in [0.25, 0.3) is 0 Å². The van der Waals surface area contributed by atoms with E-state index in [1.165, 1.54) is 0 Å². The van der Waals surface area contributed by atoms with E-state index in [0.717, 1.165) is 16.9 Å². The molecule has 0 saturated carbocycles. The molecule has 4 nitrogen and oxygen atoms in total. The van der Waals surface area contributed by atoms with Crippen molar-refractivity contribution in [3.63, 3.8) is 0 Å². The minimum absolute atomic E-state index is 0.205. The summed E-state index contributed by atoms with van der Waals surface area (Å²) in [5.41, 5.74) is 3.02. The van der Waals surface area contributed by atoms with Crippen LogP contribution in [-0.4, -0.2) is 23.1 Å². The van der Waals surface area contributed by atoms with E-state index < -0.39 is 5.97 Å². The van der Waals surface area contributed by atoms with Crippen LogP contribution < -0.4 is 4.90 Å². The topological polar surface area (TPSA) is 53.4 Å². The molecule has 98 valence electrons. The number of benzene rings is 1. The number of hydrogen-bond donors (Lipinski definition) is 1. The molecule has 0 bridgehead atoms. The average Bonchev–Trinajstić information content (AvgIpc) is 2.38. The quantitative estimate of drug-likeness (QED) is 0.916. The van der Waals surface area contributed by atoms with Crippen molar-refractivity contribution in [3.8, 4) is 0 Å². The Labute approximate surface area is 112 Å². The second-order valence-corrected chi connectivity index (χ2v) is 4.47. The van der Waals surface area contributed by atoms with Crippen molar-refractivity contribution in [2.24, 2.45) is 0 Å². The summed E-state index contributed by atoms with van der Waals surface area (Å²) in [6.45, 7) is 3.84. The van der Waals surface area contributed by atoms with Crippen molar-refractivity contribution in [1.29, 1.82) is 0 Å². The second-order valence-electron chi connectivity index (χ2n) is 4.47. The highest BCUT2D eigenvalue weighted by atomic mass is 16.4. The highest BCUT2D eigenvalue weighted by Crippen LogP contribution is 2.27. The number of aromatic carboxylic acids is 1. The third-order valence-electron chi connectivity index (χ3n) is 3.04. The number of anilines is 2. The Kier molecular flexibility index (Phi) is 3.51. The minimum Gasteiger partial charge on any atom is -0.478 e. The third kappa shape index (κ3) is 2.57. The molecule has 1 aromatic heterocycles. The molecule has 2 aromatic rings. The lowest BCUT2D eigenvalue weighted by Gasteiger charge is -2.22. The van der Waals surface area contributed by atoms with Crippen molar-refractivity contribution >= 4 is 17.5 Å². The molecule has 19 heavy (non-hydrogen) atoms. The Morgan fingerprint density at radius 3 is 2.47 bits per heavy atom. The number of carboxylic acid groups (broad SMARTS) is 1. The summed E-state index contributed by atoms with van der Waals surface area (Å²) in [6.07, 6.45) is 0. The molecule has 0 aliphatic carbocycles. The van der Waals surface area contributed by atoms with Gasteiger partial charge in [0.2, 0.25) is 0 Å². The fourth-order valence-corrected chi connectivity index (χ4v) is 2.02. The molecule has 0 atom stereocenters. The van der Waals surface area contributed by atoms with Gasteiger partial charge >= 0.3 is 5.97 Å². The fraction of sp³-hybridized carbons (Fsp3) is 0.200. The lowest BCUT2D eigenvalue weighted by molar-refractivity contribution is 0.0697. The Bertz CT molecular complexity index is 623. The van der Waals surface area contributed by atoms with Gasteiger partial charge in [-0.3, -0.25) is 0 Å². The third-order valence-corrected chi connectivity index (χ3v) is 3.04. The first-order valence-electron chi connectivity index (χ1n) is 6.01. The summed E-state index contributed by atoms with van der Waals surface area (Å²) in [6, 6.07) is 11.1. The first-order valence-corrected chi connectivity index (χ1v) is 6.01. The molecule has 0 saturated heterocycles. The molecule has 0 amide bonds. The van der Waals surface area contributed by atoms with Crippen molar-refractivity contribution in [2.75, 3.05) is 11.9 Å². The number of aryl methyl sites for hydroxylation is 2. The Morgan fingerprint density at radius 1 is 1.16 bits per heavy atom. The van der Waals surface area contributed by atoms with Gasteiger partial charge < -0.3 is 10.0 Å². The van der Waals surface area contributed by atoms with Crippen LogP contribution in [0.4, 0.5) is 11.5 Å². The van der Waals surface area contributed by atoms with E-state index in [2.05, 4.69) is 4.98 Å². The van der Waals surface area contributed by atoms with E-state index in [-0.39, 0.29) is 5.56 Å². The highest BCUT2D eigenvalue weighted by Gasteiger charge is 2.17. The van der Waals surface area contributed by atoms with Gasteiger partial charge in [0.05, 0.1) is 0 Å². The standard InChI is InChI=1S/C15H16N2O2/c1-10-6-4-5-7-13(10)17(3)14-12(15(18)19)9-8-11(2)16-14/h4-9H,1-3H3,(H,18,19). The number of nitrogens with zero attached hydrogens (tertiary/aromatic N) is 2. The Hall–Kier alpha value is -2.36. The number of para-hydroxylation sites is 1. The Balaban J connectivity index is 2.55. The minimum atomic E-state index is -0.970. The Morgan fingerprint density at radius 2 is 1.84 bits per heavy atom. The van der Waals surface area contributed by atoms with Crippen molar-refractivity contribution in [3.05, 3.63) is 53.2 Å². The maximum absolute atomic E-state index is 11.3. The zero-order valence-corrected chi connectivity index (χ0v) is 11.2. The number of pyridine rings is 1. The maximum atomic E-state index is 11.3. The first kappa shape index (κ1) is 13.1. The molecule has 0 aliphatic rings. The summed E-state index contributed by atoms with van der Waals surface area (Å²) < 4.78 is 0. The van der Waals surface area contributed by atoms with E-state index in [4.69, 9.17) is 0 Å². The summed E-state index contributed by atoms with van der Waals surface area (Å²) >= 11 is 0. The van der Waals surface area contributed by atoms with Gasteiger partial charge in [0, 0.05) is 18.4 Å². The van der Waals surface area contributed by atoms with Gasteiger partial charge in [0.15, 0.2) is 0 Å². The number of aromatic nitrogens is 1. The van der Waals surface area contributed by atoms with E-state index in [9.17, 15) is 9.90 Å². The van der Waals surface area contributed by atoms with Crippen LogP contribution in [0.1, 0.15) is 21.6 Å². The molecule has 0 fully saturated rings. The molecule has 1 N–H and O–H groups in total. The van der Waals surface area contributed by atoms with Gasteiger partial charge in [-0.2, -0.15) is 0 Å². The van der Waals surface area contributed by atoms with Gasteiger partial charge in [-0.15, -0.1) is 0 Å². The van der Waals surface area contributed by atoms with Crippen LogP contribution in [0.3, 0.4) is 0 Å². The molecule has 0 aliphatic heterocycles. The number of hydrogen-bond acceptors (Lipinski definition) is 3. The van der Waals surface area contributed by atoms with Crippen molar-refractivity contribution in [2.45, 2.75) is 13.8 Å². The van der Waals surface area contributed by atoms with Gasteiger partial charge in [-0.25, -0.2) is 9.78 Å². The molecule has 0 spiro atoms. The molecule has 4 heteroatoms. The molecule has 1 heterocycles. The lowest BCUT2D eigenvalue weighted by atomic mass is 10.1. The monoisotopic (exact) mass is 256 g/mol. The largest absolute Gasteiger partial charge is 0.478 e.